The van der Waals surface area contributed by atoms with E-state index in [9.17, 15) is 76.6 Å². The Labute approximate surface area is 341 Å². The summed E-state index contributed by atoms with van der Waals surface area (Å²) in [5.74, 6) is -13.7. The van der Waals surface area contributed by atoms with Crippen LogP contribution in [0.1, 0.15) is 45.9 Å². The van der Waals surface area contributed by atoms with E-state index < -0.39 is 117 Å². The van der Waals surface area contributed by atoms with Crippen LogP contribution in [0.5, 0.6) is 109 Å². The van der Waals surface area contributed by atoms with Gasteiger partial charge in [-0.2, -0.15) is 0 Å². The predicted octanol–water partition coefficient (Wildman–Crippen LogP) is 5.11. The Hall–Kier alpha value is -8.48. The van der Waals surface area contributed by atoms with Gasteiger partial charge in [-0.15, -0.1) is 0 Å². The number of aromatic hydroxyl groups is 15. The monoisotopic (exact) mass is 842 g/mol. The van der Waals surface area contributed by atoms with Gasteiger partial charge in [0.05, 0.1) is 5.92 Å². The number of fused-ring (bicyclic) bond motifs is 2. The van der Waals surface area contributed by atoms with Crippen LogP contribution in [0, 0.1) is 0 Å². The van der Waals surface area contributed by atoms with Gasteiger partial charge in [0, 0.05) is 76.7 Å². The maximum Gasteiger partial charge on any atom is 0.200 e. The summed E-state index contributed by atoms with van der Waals surface area (Å²) in [5, 5.41) is 159. The molecule has 316 valence electrons. The lowest BCUT2D eigenvalue weighted by atomic mass is 9.77. The van der Waals surface area contributed by atoms with Crippen molar-refractivity contribution in [3.8, 4) is 109 Å². The van der Waals surface area contributed by atoms with Crippen molar-refractivity contribution in [2.45, 2.75) is 36.8 Å². The van der Waals surface area contributed by atoms with Crippen LogP contribution in [0.4, 0.5) is 0 Å². The van der Waals surface area contributed by atoms with Gasteiger partial charge < -0.3 is 95.5 Å². The van der Waals surface area contributed by atoms with Crippen LogP contribution in [-0.2, 0) is 6.42 Å². The highest BCUT2D eigenvalue weighted by atomic mass is 16.6. The average Bonchev–Trinajstić information content (AvgIpc) is 3.19. The second kappa shape index (κ2) is 14.4. The minimum Gasteiger partial charge on any atom is -0.508 e. The summed E-state index contributed by atoms with van der Waals surface area (Å²) in [6.07, 6.45) is -6.18. The minimum absolute atomic E-state index is 0.0641. The molecule has 5 atom stereocenters. The quantitative estimate of drug-likeness (QED) is 0.0928. The number of phenols is 15. The van der Waals surface area contributed by atoms with E-state index in [0.29, 0.717) is 0 Å². The van der Waals surface area contributed by atoms with Crippen LogP contribution in [0.2, 0.25) is 0 Å². The van der Waals surface area contributed by atoms with Crippen molar-refractivity contribution in [3.05, 3.63) is 101 Å². The highest BCUT2D eigenvalue weighted by Gasteiger charge is 2.49. The van der Waals surface area contributed by atoms with Crippen molar-refractivity contribution >= 4 is 0 Å². The first-order valence-electron chi connectivity index (χ1n) is 18.0. The Morgan fingerprint density at radius 3 is 1.52 bits per heavy atom. The molecule has 0 unspecified atom stereocenters. The molecule has 2 aliphatic heterocycles. The highest BCUT2D eigenvalue weighted by molar-refractivity contribution is 5.67. The highest BCUT2D eigenvalue weighted by Crippen LogP contribution is 2.59. The molecule has 0 spiro atoms. The summed E-state index contributed by atoms with van der Waals surface area (Å²) in [6.45, 7) is 0. The zero-order chi connectivity index (χ0) is 43.8. The topological polar surface area (TPSA) is 340 Å². The summed E-state index contributed by atoms with van der Waals surface area (Å²) in [5.41, 5.74) is -0.520. The maximum atomic E-state index is 11.9. The van der Waals surface area contributed by atoms with Crippen molar-refractivity contribution in [1.82, 2.24) is 0 Å². The third-order valence-corrected chi connectivity index (χ3v) is 10.4. The summed E-state index contributed by atoms with van der Waals surface area (Å²) in [4.78, 5) is 0. The molecule has 8 rings (SSSR count). The molecule has 0 radical (unpaired) electrons. The Morgan fingerprint density at radius 2 is 0.951 bits per heavy atom. The number of hydrogen-bond donors (Lipinski definition) is 15. The summed E-state index contributed by atoms with van der Waals surface area (Å²) >= 11 is 0. The number of benzene rings is 6. The van der Waals surface area contributed by atoms with Crippen LogP contribution in [0.3, 0.4) is 0 Å². The van der Waals surface area contributed by atoms with Crippen molar-refractivity contribution < 1.29 is 95.5 Å². The van der Waals surface area contributed by atoms with Gasteiger partial charge in [0.25, 0.3) is 0 Å². The first-order chi connectivity index (χ1) is 28.9. The molecule has 6 aromatic rings. The molecular formula is C42H34O19. The molecule has 2 heterocycles. The van der Waals surface area contributed by atoms with E-state index in [1.54, 1.807) is 0 Å². The van der Waals surface area contributed by atoms with Crippen LogP contribution < -0.4 is 18.9 Å². The fraction of sp³-hybridized carbons (Fsp3) is 0.143. The molecule has 6 aromatic carbocycles. The number of phenolic OH excluding ortho intramolecular Hbond substituents is 15. The van der Waals surface area contributed by atoms with Crippen LogP contribution in [0.25, 0.3) is 0 Å². The Morgan fingerprint density at radius 1 is 0.426 bits per heavy atom. The first kappa shape index (κ1) is 39.4. The molecule has 19 heteroatoms. The fourth-order valence-corrected chi connectivity index (χ4v) is 7.60. The van der Waals surface area contributed by atoms with E-state index in [1.807, 2.05) is 0 Å². The normalized spacial score (nSPS) is 19.2. The molecular weight excluding hydrogens is 808 g/mol. The molecule has 19 nitrogen and oxygen atoms in total. The van der Waals surface area contributed by atoms with Crippen molar-refractivity contribution in [2.75, 3.05) is 0 Å². The van der Waals surface area contributed by atoms with Gasteiger partial charge in [0.15, 0.2) is 70.1 Å². The molecule has 0 aliphatic carbocycles. The van der Waals surface area contributed by atoms with Gasteiger partial charge in [-0.3, -0.25) is 0 Å². The zero-order valence-electron chi connectivity index (χ0n) is 30.9. The zero-order valence-corrected chi connectivity index (χ0v) is 30.9. The standard InChI is InChI=1S/C42H34O19/c43-16-6-23(47)33-31(7-16)60-40(15-4-25(49)36(55)26(50)5-15)42(59-18-10-29(53)38(57)30(54)11-18)35(33)34-24(48)13-21(45)19-12-32(58-17-8-27(51)37(56)28(52)9-17)39(61-41(19)34)14-1-2-20(44)22(46)3-14/h1-11,13,32,35,39-40,42-57H,12H2/t32-,35-,39-,40-,42-/m1/s1. The molecule has 0 fully saturated rings. The minimum atomic E-state index is -1.68. The van der Waals surface area contributed by atoms with Gasteiger partial charge in [0.2, 0.25) is 11.5 Å². The third kappa shape index (κ3) is 6.78. The second-order valence-electron chi connectivity index (χ2n) is 14.3. The molecule has 0 saturated carbocycles. The smallest absolute Gasteiger partial charge is 0.200 e. The van der Waals surface area contributed by atoms with Crippen LogP contribution >= 0.6 is 0 Å². The third-order valence-electron chi connectivity index (χ3n) is 10.4. The summed E-state index contributed by atoms with van der Waals surface area (Å²) in [6, 6.07) is 12.3. The number of hydrogen-bond acceptors (Lipinski definition) is 19. The van der Waals surface area contributed by atoms with Crippen LogP contribution in [-0.4, -0.2) is 88.8 Å². The molecule has 0 bridgehead atoms. The Bertz CT molecular complexity index is 2680. The maximum absolute atomic E-state index is 11.9. The van der Waals surface area contributed by atoms with Gasteiger partial charge in [-0.05, 0) is 24.3 Å². The van der Waals surface area contributed by atoms with Gasteiger partial charge >= 0.3 is 0 Å². The van der Waals surface area contributed by atoms with E-state index in [4.69, 9.17) is 18.9 Å². The van der Waals surface area contributed by atoms with E-state index in [0.717, 1.165) is 66.7 Å². The van der Waals surface area contributed by atoms with Gasteiger partial charge in [-0.1, -0.05) is 6.07 Å². The van der Waals surface area contributed by atoms with Gasteiger partial charge in [-0.25, -0.2) is 0 Å². The Kier molecular flexibility index (Phi) is 9.30. The van der Waals surface area contributed by atoms with E-state index >= 15 is 0 Å². The lowest BCUT2D eigenvalue weighted by Gasteiger charge is -2.42. The molecule has 0 amide bonds. The lowest BCUT2D eigenvalue weighted by Crippen LogP contribution is -2.41. The SMILES string of the molecule is Oc1cc(O)c2c(c1)O[C@H](c1cc(O)c(O)c(O)c1)[C@H](Oc1cc(O)c(O)c(O)c1)[C@H]2c1c(O)cc(O)c2c1O[C@H](c1ccc(O)c(O)c1)[C@H](Oc1cc(O)c(O)c(O)c1)C2. The predicted molar refractivity (Wildman–Crippen MR) is 205 cm³/mol. The molecule has 2 aliphatic rings. The Balaban J connectivity index is 1.38. The van der Waals surface area contributed by atoms with Gasteiger partial charge in [0.1, 0.15) is 52.1 Å². The molecule has 0 aromatic heterocycles. The lowest BCUT2D eigenvalue weighted by molar-refractivity contribution is 0.0174. The largest absolute Gasteiger partial charge is 0.508 e. The van der Waals surface area contributed by atoms with E-state index in [-0.39, 0.29) is 57.2 Å². The molecule has 61 heavy (non-hydrogen) atoms. The average molecular weight is 843 g/mol. The van der Waals surface area contributed by atoms with Crippen molar-refractivity contribution in [1.29, 1.82) is 0 Å². The molecule has 15 N–H and O–H groups in total. The van der Waals surface area contributed by atoms with E-state index in [1.165, 1.54) is 6.07 Å². The second-order valence-corrected chi connectivity index (χ2v) is 14.3. The number of rotatable bonds is 7. The van der Waals surface area contributed by atoms with Crippen LogP contribution in [0.15, 0.2) is 72.8 Å². The number of ether oxygens (including phenoxy) is 4. The van der Waals surface area contributed by atoms with Crippen molar-refractivity contribution in [3.63, 3.8) is 0 Å². The first-order valence-corrected chi connectivity index (χ1v) is 18.0. The fourth-order valence-electron chi connectivity index (χ4n) is 7.60. The van der Waals surface area contributed by atoms with E-state index in [2.05, 4.69) is 0 Å². The van der Waals surface area contributed by atoms with Crippen molar-refractivity contribution in [2.24, 2.45) is 0 Å². The summed E-state index contributed by atoms with van der Waals surface area (Å²) < 4.78 is 25.4. The summed E-state index contributed by atoms with van der Waals surface area (Å²) in [7, 11) is 0. The molecule has 0 saturated heterocycles.